The van der Waals surface area contributed by atoms with Crippen LogP contribution in [0.3, 0.4) is 0 Å². The van der Waals surface area contributed by atoms with E-state index in [4.69, 9.17) is 22.0 Å². The molecule has 0 atom stereocenters. The van der Waals surface area contributed by atoms with Crippen LogP contribution in [-0.2, 0) is 0 Å². The first kappa shape index (κ1) is 15.3. The SMILES string of the molecule is N#Cc1ccc(NC(=O)c2sc3nc(N)c(C#N)cc3c2N)cc1. The number of nitriles is 2. The second kappa shape index (κ2) is 5.88. The Hall–Kier alpha value is -3.62. The summed E-state index contributed by atoms with van der Waals surface area (Å²) in [6.45, 7) is 0. The van der Waals surface area contributed by atoms with Gasteiger partial charge in [-0.3, -0.25) is 4.79 Å². The predicted molar refractivity (Wildman–Crippen MR) is 92.3 cm³/mol. The summed E-state index contributed by atoms with van der Waals surface area (Å²) >= 11 is 1.10. The van der Waals surface area contributed by atoms with Gasteiger partial charge in [0.1, 0.15) is 21.6 Å². The van der Waals surface area contributed by atoms with Gasteiger partial charge in [-0.1, -0.05) is 0 Å². The molecule has 0 unspecified atom stereocenters. The minimum Gasteiger partial charge on any atom is -0.397 e. The fourth-order valence-electron chi connectivity index (χ4n) is 2.13. The molecule has 0 saturated heterocycles. The van der Waals surface area contributed by atoms with E-state index in [0.29, 0.717) is 21.5 Å². The minimum atomic E-state index is -0.391. The first-order valence-corrected chi connectivity index (χ1v) is 7.55. The van der Waals surface area contributed by atoms with Crippen molar-refractivity contribution in [3.8, 4) is 12.1 Å². The summed E-state index contributed by atoms with van der Waals surface area (Å²) in [5, 5.41) is 21.0. The number of nitrogens with two attached hydrogens (primary N) is 2. The Labute approximate surface area is 140 Å². The topological polar surface area (TPSA) is 142 Å². The molecule has 1 aromatic carbocycles. The third kappa shape index (κ3) is 2.58. The van der Waals surface area contributed by atoms with Crippen molar-refractivity contribution in [2.45, 2.75) is 0 Å². The molecule has 0 bridgehead atoms. The highest BCUT2D eigenvalue weighted by Gasteiger charge is 2.19. The van der Waals surface area contributed by atoms with E-state index in [1.54, 1.807) is 24.3 Å². The molecule has 5 N–H and O–H groups in total. The Morgan fingerprint density at radius 3 is 2.50 bits per heavy atom. The van der Waals surface area contributed by atoms with E-state index >= 15 is 0 Å². The Morgan fingerprint density at radius 1 is 1.17 bits per heavy atom. The van der Waals surface area contributed by atoms with Crippen LogP contribution in [0.15, 0.2) is 30.3 Å². The number of amides is 1. The molecule has 0 aliphatic heterocycles. The molecule has 0 fully saturated rings. The number of fused-ring (bicyclic) bond motifs is 1. The fourth-order valence-corrected chi connectivity index (χ4v) is 3.11. The van der Waals surface area contributed by atoms with Crippen molar-refractivity contribution < 1.29 is 4.79 Å². The highest BCUT2D eigenvalue weighted by atomic mass is 32.1. The molecular formula is C16H10N6OS. The van der Waals surface area contributed by atoms with Crippen molar-refractivity contribution in [3.05, 3.63) is 46.3 Å². The summed E-state index contributed by atoms with van der Waals surface area (Å²) in [4.78, 5) is 17.3. The van der Waals surface area contributed by atoms with Crippen molar-refractivity contribution >= 4 is 44.7 Å². The van der Waals surface area contributed by atoms with E-state index in [0.717, 1.165) is 11.3 Å². The van der Waals surface area contributed by atoms with Gasteiger partial charge in [-0.05, 0) is 30.3 Å². The zero-order valence-corrected chi connectivity index (χ0v) is 13.0. The van der Waals surface area contributed by atoms with E-state index in [1.165, 1.54) is 6.07 Å². The molecule has 2 aromatic heterocycles. The maximum absolute atomic E-state index is 12.4. The molecule has 3 rings (SSSR count). The smallest absolute Gasteiger partial charge is 0.267 e. The van der Waals surface area contributed by atoms with E-state index in [2.05, 4.69) is 10.3 Å². The van der Waals surface area contributed by atoms with Gasteiger partial charge >= 0.3 is 0 Å². The van der Waals surface area contributed by atoms with Crippen LogP contribution in [0.1, 0.15) is 20.8 Å². The van der Waals surface area contributed by atoms with Gasteiger partial charge in [-0.2, -0.15) is 10.5 Å². The van der Waals surface area contributed by atoms with Crippen LogP contribution in [0.25, 0.3) is 10.2 Å². The average Bonchev–Trinajstić information content (AvgIpc) is 2.90. The number of nitrogens with one attached hydrogen (secondary N) is 1. The Morgan fingerprint density at radius 2 is 1.88 bits per heavy atom. The number of anilines is 3. The van der Waals surface area contributed by atoms with E-state index < -0.39 is 5.91 Å². The van der Waals surface area contributed by atoms with Crippen molar-refractivity contribution in [2.24, 2.45) is 0 Å². The molecule has 3 aromatic rings. The Bertz CT molecular complexity index is 1040. The van der Waals surface area contributed by atoms with Crippen LogP contribution in [0.2, 0.25) is 0 Å². The summed E-state index contributed by atoms with van der Waals surface area (Å²) in [7, 11) is 0. The van der Waals surface area contributed by atoms with Gasteiger partial charge in [0.2, 0.25) is 0 Å². The van der Waals surface area contributed by atoms with Crippen molar-refractivity contribution in [3.63, 3.8) is 0 Å². The molecule has 8 heteroatoms. The van der Waals surface area contributed by atoms with Gasteiger partial charge in [0.15, 0.2) is 0 Å². The highest BCUT2D eigenvalue weighted by Crippen LogP contribution is 2.34. The molecule has 7 nitrogen and oxygen atoms in total. The number of rotatable bonds is 2. The normalized spacial score (nSPS) is 10.1. The lowest BCUT2D eigenvalue weighted by atomic mass is 10.2. The Balaban J connectivity index is 1.96. The molecule has 0 aliphatic rings. The lowest BCUT2D eigenvalue weighted by molar-refractivity contribution is 0.103. The van der Waals surface area contributed by atoms with Gasteiger partial charge in [0.25, 0.3) is 5.91 Å². The number of aromatic nitrogens is 1. The summed E-state index contributed by atoms with van der Waals surface area (Å²) in [6.07, 6.45) is 0. The highest BCUT2D eigenvalue weighted by molar-refractivity contribution is 7.21. The van der Waals surface area contributed by atoms with Crippen molar-refractivity contribution in [2.75, 3.05) is 16.8 Å². The third-order valence-electron chi connectivity index (χ3n) is 3.35. The zero-order chi connectivity index (χ0) is 17.3. The van der Waals surface area contributed by atoms with Crippen LogP contribution in [0.4, 0.5) is 17.2 Å². The molecule has 0 saturated carbocycles. The number of hydrogen-bond acceptors (Lipinski definition) is 7. The number of benzene rings is 1. The summed E-state index contributed by atoms with van der Waals surface area (Å²) in [6, 6.07) is 11.9. The first-order chi connectivity index (χ1) is 11.5. The van der Waals surface area contributed by atoms with Gasteiger partial charge in [0, 0.05) is 11.1 Å². The van der Waals surface area contributed by atoms with Crippen LogP contribution < -0.4 is 16.8 Å². The Kier molecular flexibility index (Phi) is 3.74. The number of thiophene rings is 1. The number of hydrogen-bond donors (Lipinski definition) is 3. The van der Waals surface area contributed by atoms with Crippen molar-refractivity contribution in [1.29, 1.82) is 10.5 Å². The quantitative estimate of drug-likeness (QED) is 0.657. The third-order valence-corrected chi connectivity index (χ3v) is 4.46. The van der Waals surface area contributed by atoms with Crippen LogP contribution in [-0.4, -0.2) is 10.9 Å². The molecule has 1 amide bonds. The fraction of sp³-hybridized carbons (Fsp3) is 0. The van der Waals surface area contributed by atoms with Crippen LogP contribution in [0, 0.1) is 22.7 Å². The van der Waals surface area contributed by atoms with Crippen LogP contribution in [0.5, 0.6) is 0 Å². The second-order valence-electron chi connectivity index (χ2n) is 4.87. The number of carbonyl (C=O) groups is 1. The molecule has 24 heavy (non-hydrogen) atoms. The second-order valence-corrected chi connectivity index (χ2v) is 5.87. The van der Waals surface area contributed by atoms with E-state index in [9.17, 15) is 4.79 Å². The largest absolute Gasteiger partial charge is 0.397 e. The maximum Gasteiger partial charge on any atom is 0.267 e. The number of nitrogens with zero attached hydrogens (tertiary/aromatic N) is 3. The summed E-state index contributed by atoms with van der Waals surface area (Å²) < 4.78 is 0. The molecule has 0 spiro atoms. The molecule has 0 aliphatic carbocycles. The molecular weight excluding hydrogens is 324 g/mol. The number of nitrogen functional groups attached to an aromatic ring is 2. The summed E-state index contributed by atoms with van der Waals surface area (Å²) in [5.41, 5.74) is 13.2. The predicted octanol–water partition coefficient (Wildman–Crippen LogP) is 2.46. The summed E-state index contributed by atoms with van der Waals surface area (Å²) in [5.74, 6) is -0.289. The minimum absolute atomic E-state index is 0.102. The van der Waals surface area contributed by atoms with Gasteiger partial charge in [0.05, 0.1) is 22.9 Å². The number of pyridine rings is 1. The molecule has 116 valence electrons. The zero-order valence-electron chi connectivity index (χ0n) is 12.2. The standard InChI is InChI=1S/C16H10N6OS/c17-6-8-1-3-10(4-2-8)21-15(23)13-12(19)11-5-9(7-18)14(20)22-16(11)24-13/h1-5H,19H2,(H2,20,22)(H,21,23). The monoisotopic (exact) mass is 334 g/mol. The van der Waals surface area contributed by atoms with E-state index in [1.807, 2.05) is 12.1 Å². The number of carbonyl (C=O) groups excluding carboxylic acids is 1. The van der Waals surface area contributed by atoms with Crippen molar-refractivity contribution in [1.82, 2.24) is 4.98 Å². The maximum atomic E-state index is 12.4. The first-order valence-electron chi connectivity index (χ1n) is 6.73. The van der Waals surface area contributed by atoms with Gasteiger partial charge < -0.3 is 16.8 Å². The average molecular weight is 334 g/mol. The lowest BCUT2D eigenvalue weighted by Crippen LogP contribution is -2.11. The lowest BCUT2D eigenvalue weighted by Gasteiger charge is -2.04. The molecule has 0 radical (unpaired) electrons. The van der Waals surface area contributed by atoms with E-state index in [-0.39, 0.29) is 21.9 Å². The van der Waals surface area contributed by atoms with Gasteiger partial charge in [-0.15, -0.1) is 11.3 Å². The molecule has 2 heterocycles. The van der Waals surface area contributed by atoms with Gasteiger partial charge in [-0.25, -0.2) is 4.98 Å². The van der Waals surface area contributed by atoms with Crippen LogP contribution >= 0.6 is 11.3 Å².